The van der Waals surface area contributed by atoms with Crippen LogP contribution in [-0.4, -0.2) is 59.6 Å². The number of nitrogens with one attached hydrogen (secondary N) is 3. The van der Waals surface area contributed by atoms with Crippen molar-refractivity contribution < 1.29 is 9.84 Å². The second-order valence-electron chi connectivity index (χ2n) is 7.77. The van der Waals surface area contributed by atoms with Gasteiger partial charge in [0.25, 0.3) is 5.62 Å². The van der Waals surface area contributed by atoms with Crippen molar-refractivity contribution >= 4 is 17.6 Å². The molecule has 4 N–H and O–H groups in total. The van der Waals surface area contributed by atoms with Crippen LogP contribution in [0.4, 0.5) is 0 Å². The Morgan fingerprint density at radius 1 is 1.18 bits per heavy atom. The fourth-order valence-electron chi connectivity index (χ4n) is 3.48. The van der Waals surface area contributed by atoms with Crippen molar-refractivity contribution in [1.29, 1.82) is 0 Å². The molecule has 0 saturated heterocycles. The van der Waals surface area contributed by atoms with Gasteiger partial charge in [-0.15, -0.1) is 0 Å². The smallest absolute Gasteiger partial charge is 0.327 e. The summed E-state index contributed by atoms with van der Waals surface area (Å²) in [5, 5.41) is 18.0. The summed E-state index contributed by atoms with van der Waals surface area (Å²) in [5.74, 6) is 1.17. The molecule has 1 fully saturated rings. The molecule has 0 spiro atoms. The van der Waals surface area contributed by atoms with Crippen LogP contribution in [0.15, 0.2) is 45.2 Å². The highest BCUT2D eigenvalue weighted by Crippen LogP contribution is 2.23. The maximum atomic E-state index is 11.5. The summed E-state index contributed by atoms with van der Waals surface area (Å²) in [6.45, 7) is 1.61. The van der Waals surface area contributed by atoms with Crippen LogP contribution in [0, 0.1) is 0 Å². The first-order valence-corrected chi connectivity index (χ1v) is 10.5. The number of benzene rings is 1. The topological polar surface area (TPSA) is 158 Å². The average Bonchev–Trinajstić information content (AvgIpc) is 3.17. The Labute approximate surface area is 185 Å². The van der Waals surface area contributed by atoms with E-state index in [0.29, 0.717) is 22.2 Å². The van der Waals surface area contributed by atoms with E-state index in [1.807, 2.05) is 24.3 Å². The van der Waals surface area contributed by atoms with Gasteiger partial charge in [-0.2, -0.15) is 19.6 Å². The Bertz CT molecular complexity index is 1560. The third kappa shape index (κ3) is 3.82. The Morgan fingerprint density at radius 3 is 2.73 bits per heavy atom. The van der Waals surface area contributed by atoms with E-state index in [2.05, 4.69) is 40.3 Å². The Balaban J connectivity index is 1.41. The van der Waals surface area contributed by atoms with E-state index >= 15 is 0 Å². The van der Waals surface area contributed by atoms with Crippen molar-refractivity contribution in [2.75, 3.05) is 13.1 Å². The molecule has 1 aliphatic carbocycles. The van der Waals surface area contributed by atoms with Gasteiger partial charge in [0.15, 0.2) is 5.65 Å². The number of nitrogens with zero attached hydrogens (tertiary/aromatic N) is 6. The van der Waals surface area contributed by atoms with Gasteiger partial charge in [-0.25, -0.2) is 9.79 Å². The van der Waals surface area contributed by atoms with Crippen molar-refractivity contribution in [3.63, 3.8) is 0 Å². The zero-order chi connectivity index (χ0) is 22.4. The number of fused-ring (bicyclic) bond motifs is 1. The molecule has 0 radical (unpaired) electrons. The van der Waals surface area contributed by atoms with Gasteiger partial charge in [0.2, 0.25) is 5.88 Å². The summed E-state index contributed by atoms with van der Waals surface area (Å²) >= 11 is 0. The monoisotopic (exact) mass is 445 g/mol. The lowest BCUT2D eigenvalue weighted by molar-refractivity contribution is 0.435. The molecule has 166 valence electrons. The van der Waals surface area contributed by atoms with E-state index in [0.717, 1.165) is 37.3 Å². The van der Waals surface area contributed by atoms with E-state index in [1.165, 1.54) is 4.52 Å². The number of amidine groups is 1. The molecule has 3 aromatic heterocycles. The molecule has 1 aliphatic heterocycles. The summed E-state index contributed by atoms with van der Waals surface area (Å²) in [4.78, 5) is 34.3. The van der Waals surface area contributed by atoms with E-state index in [-0.39, 0.29) is 23.6 Å². The number of H-pyrrole nitrogens is 2. The lowest BCUT2D eigenvalue weighted by Gasteiger charge is -2.06. The van der Waals surface area contributed by atoms with Gasteiger partial charge in [-0.1, -0.05) is 0 Å². The van der Waals surface area contributed by atoms with Gasteiger partial charge in [0.1, 0.15) is 17.3 Å². The van der Waals surface area contributed by atoms with Crippen molar-refractivity contribution in [1.82, 2.24) is 34.9 Å². The van der Waals surface area contributed by atoms with Crippen LogP contribution in [0.2, 0.25) is 0 Å². The number of aromatic amines is 2. The maximum Gasteiger partial charge on any atom is 0.327 e. The highest BCUT2D eigenvalue weighted by molar-refractivity contribution is 5.99. The Kier molecular flexibility index (Phi) is 4.42. The number of rotatable bonds is 5. The molecular weight excluding hydrogens is 426 g/mol. The number of aromatic hydroxyl groups is 1. The van der Waals surface area contributed by atoms with Crippen LogP contribution in [0.5, 0.6) is 17.6 Å². The summed E-state index contributed by atoms with van der Waals surface area (Å²) in [5.41, 5.74) is 1.50. The van der Waals surface area contributed by atoms with E-state index < -0.39 is 5.69 Å². The van der Waals surface area contributed by atoms with Gasteiger partial charge < -0.3 is 20.1 Å². The number of aromatic nitrogens is 6. The minimum atomic E-state index is -0.513. The van der Waals surface area contributed by atoms with Crippen LogP contribution in [0.25, 0.3) is 11.7 Å². The normalized spacial score (nSPS) is 16.9. The molecular formula is C21H19N9O3. The van der Waals surface area contributed by atoms with Crippen molar-refractivity contribution in [2.24, 2.45) is 9.98 Å². The number of hydrogen-bond acceptors (Lipinski definition) is 9. The minimum absolute atomic E-state index is 0.118. The van der Waals surface area contributed by atoms with Gasteiger partial charge in [0, 0.05) is 17.3 Å². The number of aliphatic imine (C=N–C) groups is 1. The molecule has 1 saturated carbocycles. The standard InChI is InChI=1S/C21H19N9O3/c31-18-15(26-20(32)28-18)9-12-10-24-30-17(12)27-21(29-19(30)25-13-3-4-13)33-14-5-1-11(2-6-14)16-22-7-8-23-16/h1-2,5-6,9-10,13,31H,3-4,7-8H2,(H,22,23)(H2,26,28,32). The zero-order valence-corrected chi connectivity index (χ0v) is 17.3. The first-order chi connectivity index (χ1) is 16.1. The van der Waals surface area contributed by atoms with Crippen LogP contribution >= 0.6 is 0 Å². The third-order valence-corrected chi connectivity index (χ3v) is 5.25. The highest BCUT2D eigenvalue weighted by Gasteiger charge is 2.21. The molecule has 0 unspecified atom stereocenters. The predicted octanol–water partition coefficient (Wildman–Crippen LogP) is -0.401. The van der Waals surface area contributed by atoms with Gasteiger partial charge in [-0.3, -0.25) is 9.98 Å². The summed E-state index contributed by atoms with van der Waals surface area (Å²) in [7, 11) is 0. The fraction of sp³-hybridized carbons (Fsp3) is 0.238. The first-order valence-electron chi connectivity index (χ1n) is 10.5. The number of hydrogen-bond donors (Lipinski definition) is 4. The van der Waals surface area contributed by atoms with E-state index in [1.54, 1.807) is 12.3 Å². The van der Waals surface area contributed by atoms with Gasteiger partial charge in [-0.05, 0) is 43.2 Å². The quantitative estimate of drug-likeness (QED) is 0.325. The van der Waals surface area contributed by atoms with Crippen molar-refractivity contribution in [3.05, 3.63) is 63.0 Å². The lowest BCUT2D eigenvalue weighted by atomic mass is 10.2. The number of ether oxygens (including phenoxy) is 1. The summed E-state index contributed by atoms with van der Waals surface area (Å²) < 4.78 is 7.46. The highest BCUT2D eigenvalue weighted by atomic mass is 16.5. The number of imidazole rings is 1. The third-order valence-electron chi connectivity index (χ3n) is 5.25. The van der Waals surface area contributed by atoms with Crippen LogP contribution < -0.4 is 26.6 Å². The molecule has 33 heavy (non-hydrogen) atoms. The maximum absolute atomic E-state index is 11.5. The van der Waals surface area contributed by atoms with Crippen LogP contribution in [0.1, 0.15) is 24.1 Å². The molecule has 2 aliphatic rings. The minimum Gasteiger partial charge on any atom is -0.493 e. The largest absolute Gasteiger partial charge is 0.493 e. The predicted molar refractivity (Wildman–Crippen MR) is 117 cm³/mol. The lowest BCUT2D eigenvalue weighted by Crippen LogP contribution is -2.23. The van der Waals surface area contributed by atoms with Gasteiger partial charge in [0.05, 0.1) is 18.8 Å². The molecule has 4 aromatic rings. The second kappa shape index (κ2) is 7.58. The molecule has 12 nitrogen and oxygen atoms in total. The van der Waals surface area contributed by atoms with Crippen LogP contribution in [-0.2, 0) is 0 Å². The van der Waals surface area contributed by atoms with Gasteiger partial charge >= 0.3 is 11.7 Å². The molecule has 6 rings (SSSR count). The fourth-order valence-corrected chi connectivity index (χ4v) is 3.48. The van der Waals surface area contributed by atoms with E-state index in [4.69, 9.17) is 4.74 Å². The summed E-state index contributed by atoms with van der Waals surface area (Å²) in [6.07, 6.45) is 5.13. The average molecular weight is 445 g/mol. The zero-order valence-electron chi connectivity index (χ0n) is 17.3. The second-order valence-corrected chi connectivity index (χ2v) is 7.77. The van der Waals surface area contributed by atoms with Crippen molar-refractivity contribution in [2.45, 2.75) is 18.9 Å². The molecule has 0 bridgehead atoms. The SMILES string of the molecule is O=c1[nH]c(O)c(C=c2cnn3c(=NC4CC4)nc(Oc4ccc(C5=NCCN5)cc4)nc23)[nH]1. The molecule has 0 amide bonds. The molecule has 12 heteroatoms. The van der Waals surface area contributed by atoms with E-state index in [9.17, 15) is 9.90 Å². The first kappa shape index (κ1) is 19.2. The Hall–Kier alpha value is -4.48. The molecule has 4 heterocycles. The van der Waals surface area contributed by atoms with Crippen molar-refractivity contribution in [3.8, 4) is 17.6 Å². The molecule has 0 atom stereocenters. The Morgan fingerprint density at radius 2 is 2.03 bits per heavy atom. The van der Waals surface area contributed by atoms with Crippen LogP contribution in [0.3, 0.4) is 0 Å². The summed E-state index contributed by atoms with van der Waals surface area (Å²) in [6, 6.07) is 7.82. The molecule has 1 aromatic carbocycles.